The Bertz CT molecular complexity index is 911. The second kappa shape index (κ2) is 7.81. The minimum atomic E-state index is -0.990. The summed E-state index contributed by atoms with van der Waals surface area (Å²) in [5, 5.41) is 23.5. The van der Waals surface area contributed by atoms with Crippen molar-refractivity contribution >= 4 is 29.3 Å². The van der Waals surface area contributed by atoms with Crippen molar-refractivity contribution in [3.05, 3.63) is 40.2 Å². The Morgan fingerprint density at radius 1 is 1.41 bits per heavy atom. The number of allylic oxidation sites excluding steroid dienone is 1. The SMILES string of the molecule is Cc1ccc(NC(=O)[C@H](C)SC2=C(C#N)C(C)(C)[C@H](C#N)C(=O)N2)cc1F. The molecule has 0 spiro atoms. The number of anilines is 1. The van der Waals surface area contributed by atoms with Crippen LogP contribution in [-0.4, -0.2) is 17.1 Å². The Hall–Kier alpha value is -2.84. The van der Waals surface area contributed by atoms with Crippen LogP contribution in [0.1, 0.15) is 26.3 Å². The van der Waals surface area contributed by atoms with Crippen LogP contribution in [0.2, 0.25) is 0 Å². The molecule has 140 valence electrons. The first-order valence-corrected chi connectivity index (χ1v) is 9.08. The molecule has 1 aliphatic rings. The Morgan fingerprint density at radius 3 is 2.63 bits per heavy atom. The van der Waals surface area contributed by atoms with Crippen molar-refractivity contribution in [3.63, 3.8) is 0 Å². The number of aryl methyl sites for hydroxylation is 1. The van der Waals surface area contributed by atoms with E-state index in [2.05, 4.69) is 10.6 Å². The molecular formula is C19H19FN4O2S. The number of thioether (sulfide) groups is 1. The molecule has 1 aromatic carbocycles. The Kier molecular flexibility index (Phi) is 5.92. The quantitative estimate of drug-likeness (QED) is 0.826. The summed E-state index contributed by atoms with van der Waals surface area (Å²) in [4.78, 5) is 24.6. The smallest absolute Gasteiger partial charge is 0.243 e. The molecule has 6 nitrogen and oxygen atoms in total. The summed E-state index contributed by atoms with van der Waals surface area (Å²) in [5.41, 5.74) is 0.0745. The lowest BCUT2D eigenvalue weighted by molar-refractivity contribution is -0.125. The first-order valence-electron chi connectivity index (χ1n) is 8.20. The molecular weight excluding hydrogens is 367 g/mol. The molecule has 2 N–H and O–H groups in total. The van der Waals surface area contributed by atoms with Gasteiger partial charge in [0.1, 0.15) is 11.7 Å². The normalized spacial score (nSPS) is 19.5. The minimum absolute atomic E-state index is 0.250. The van der Waals surface area contributed by atoms with E-state index >= 15 is 0 Å². The monoisotopic (exact) mass is 386 g/mol. The third-order valence-electron chi connectivity index (χ3n) is 4.44. The summed E-state index contributed by atoms with van der Waals surface area (Å²) >= 11 is 1.02. The predicted molar refractivity (Wildman–Crippen MR) is 100 cm³/mol. The number of rotatable bonds is 4. The number of halogens is 1. The van der Waals surface area contributed by atoms with Gasteiger partial charge < -0.3 is 10.6 Å². The molecule has 1 heterocycles. The number of carbonyl (C=O) groups excluding carboxylic acids is 2. The highest BCUT2D eigenvalue weighted by Gasteiger charge is 2.45. The molecule has 0 unspecified atom stereocenters. The minimum Gasteiger partial charge on any atom is -0.325 e. The van der Waals surface area contributed by atoms with Crippen molar-refractivity contribution in [2.24, 2.45) is 11.3 Å². The maximum absolute atomic E-state index is 13.6. The highest BCUT2D eigenvalue weighted by Crippen LogP contribution is 2.42. The predicted octanol–water partition coefficient (Wildman–Crippen LogP) is 3.23. The van der Waals surface area contributed by atoms with Crippen molar-refractivity contribution in [3.8, 4) is 12.1 Å². The van der Waals surface area contributed by atoms with Gasteiger partial charge in [0.05, 0.1) is 28.0 Å². The highest BCUT2D eigenvalue weighted by atomic mass is 32.2. The van der Waals surface area contributed by atoms with Crippen molar-refractivity contribution in [1.29, 1.82) is 10.5 Å². The fourth-order valence-electron chi connectivity index (χ4n) is 2.66. The van der Waals surface area contributed by atoms with Crippen molar-refractivity contribution in [1.82, 2.24) is 5.32 Å². The van der Waals surface area contributed by atoms with Gasteiger partial charge in [-0.15, -0.1) is 0 Å². The molecule has 0 fully saturated rings. The fraction of sp³-hybridized carbons (Fsp3) is 0.368. The van der Waals surface area contributed by atoms with Crippen LogP contribution in [0.3, 0.4) is 0 Å². The summed E-state index contributed by atoms with van der Waals surface area (Å²) in [6.07, 6.45) is 0. The van der Waals surface area contributed by atoms with E-state index in [1.165, 1.54) is 6.07 Å². The lowest BCUT2D eigenvalue weighted by Gasteiger charge is -2.35. The molecule has 0 aliphatic carbocycles. The first-order chi connectivity index (χ1) is 12.6. The van der Waals surface area contributed by atoms with E-state index in [0.717, 1.165) is 11.8 Å². The number of benzene rings is 1. The van der Waals surface area contributed by atoms with Gasteiger partial charge >= 0.3 is 0 Å². The van der Waals surface area contributed by atoms with Crippen LogP contribution in [0.15, 0.2) is 28.8 Å². The van der Waals surface area contributed by atoms with Crippen LogP contribution in [0, 0.1) is 46.7 Å². The van der Waals surface area contributed by atoms with Crippen LogP contribution in [0.4, 0.5) is 10.1 Å². The van der Waals surface area contributed by atoms with Gasteiger partial charge in [-0.25, -0.2) is 4.39 Å². The van der Waals surface area contributed by atoms with E-state index in [-0.39, 0.29) is 10.6 Å². The van der Waals surface area contributed by atoms with Crippen LogP contribution < -0.4 is 10.6 Å². The molecule has 27 heavy (non-hydrogen) atoms. The Labute approximate surface area is 161 Å². The van der Waals surface area contributed by atoms with Gasteiger partial charge in [-0.05, 0) is 31.5 Å². The van der Waals surface area contributed by atoms with E-state index in [0.29, 0.717) is 11.3 Å². The number of nitrogens with one attached hydrogen (secondary N) is 2. The molecule has 8 heteroatoms. The molecule has 1 aliphatic heterocycles. The van der Waals surface area contributed by atoms with Crippen molar-refractivity contribution in [2.75, 3.05) is 5.32 Å². The molecule has 2 atom stereocenters. The average molecular weight is 386 g/mol. The summed E-state index contributed by atoms with van der Waals surface area (Å²) in [6.45, 7) is 6.54. The Balaban J connectivity index is 2.21. The molecule has 0 saturated heterocycles. The number of hydrogen-bond acceptors (Lipinski definition) is 5. The molecule has 1 aromatic rings. The zero-order valence-corrected chi connectivity index (χ0v) is 16.2. The third kappa shape index (κ3) is 4.12. The zero-order valence-electron chi connectivity index (χ0n) is 15.4. The first kappa shape index (κ1) is 20.5. The standard InChI is InChI=1S/C19H19FN4O2S/c1-10-5-6-12(7-15(10)20)23-16(25)11(2)27-18-14(9-22)19(3,4)13(8-21)17(26)24-18/h5-7,11,13H,1-4H3,(H,23,25)(H,24,26)/t11-,13+/m0/s1. The van der Waals surface area contributed by atoms with Gasteiger partial charge in [-0.2, -0.15) is 10.5 Å². The molecule has 0 radical (unpaired) electrons. The number of amides is 2. The van der Waals surface area contributed by atoms with Gasteiger partial charge in [0.2, 0.25) is 11.8 Å². The maximum Gasteiger partial charge on any atom is 0.243 e. The van der Waals surface area contributed by atoms with Crippen molar-refractivity contribution in [2.45, 2.75) is 32.9 Å². The van der Waals surface area contributed by atoms with E-state index in [4.69, 9.17) is 0 Å². The largest absolute Gasteiger partial charge is 0.325 e. The molecule has 0 saturated carbocycles. The molecule has 2 amide bonds. The lowest BCUT2D eigenvalue weighted by Crippen LogP contribution is -2.45. The van der Waals surface area contributed by atoms with Crippen LogP contribution in [0.5, 0.6) is 0 Å². The average Bonchev–Trinajstić information content (AvgIpc) is 2.57. The second-order valence-corrected chi connectivity index (χ2v) is 8.15. The summed E-state index contributed by atoms with van der Waals surface area (Å²) in [6, 6.07) is 8.36. The number of carbonyl (C=O) groups is 2. The maximum atomic E-state index is 13.6. The van der Waals surface area contributed by atoms with E-state index in [1.807, 2.05) is 12.1 Å². The summed E-state index contributed by atoms with van der Waals surface area (Å²) in [7, 11) is 0. The number of nitriles is 2. The highest BCUT2D eigenvalue weighted by molar-refractivity contribution is 8.04. The fourth-order valence-corrected chi connectivity index (χ4v) is 3.76. The molecule has 0 bridgehead atoms. The Morgan fingerprint density at radius 2 is 2.07 bits per heavy atom. The van der Waals surface area contributed by atoms with Gasteiger partial charge in [-0.3, -0.25) is 9.59 Å². The topological polar surface area (TPSA) is 106 Å². The summed E-state index contributed by atoms with van der Waals surface area (Å²) in [5.74, 6) is -2.32. The number of hydrogen-bond donors (Lipinski definition) is 2. The molecule has 0 aromatic heterocycles. The van der Waals surface area contributed by atoms with E-state index in [9.17, 15) is 24.5 Å². The van der Waals surface area contributed by atoms with Gasteiger partial charge in [-0.1, -0.05) is 31.7 Å². The van der Waals surface area contributed by atoms with Crippen LogP contribution in [0.25, 0.3) is 0 Å². The van der Waals surface area contributed by atoms with Crippen LogP contribution >= 0.6 is 11.8 Å². The van der Waals surface area contributed by atoms with Gasteiger partial charge in [0.25, 0.3) is 0 Å². The lowest BCUT2D eigenvalue weighted by atomic mass is 9.72. The van der Waals surface area contributed by atoms with E-state index in [1.54, 1.807) is 39.8 Å². The summed E-state index contributed by atoms with van der Waals surface area (Å²) < 4.78 is 13.6. The van der Waals surface area contributed by atoms with Crippen LogP contribution in [-0.2, 0) is 9.59 Å². The second-order valence-electron chi connectivity index (χ2n) is 6.80. The zero-order chi connectivity index (χ0) is 20.4. The van der Waals surface area contributed by atoms with E-state index < -0.39 is 34.2 Å². The molecule has 2 rings (SSSR count). The third-order valence-corrected chi connectivity index (χ3v) is 5.55. The van der Waals surface area contributed by atoms with Crippen molar-refractivity contribution < 1.29 is 14.0 Å². The number of nitrogens with zero attached hydrogens (tertiary/aromatic N) is 2. The van der Waals surface area contributed by atoms with Gasteiger partial charge in [0, 0.05) is 11.1 Å². The van der Waals surface area contributed by atoms with Gasteiger partial charge in [0.15, 0.2) is 0 Å².